The summed E-state index contributed by atoms with van der Waals surface area (Å²) in [6.07, 6.45) is 3.40. The highest BCUT2D eigenvalue weighted by atomic mass is 14.9. The van der Waals surface area contributed by atoms with Gasteiger partial charge < -0.3 is 11.5 Å². The number of aryl methyl sites for hydroxylation is 1. The molecule has 0 spiro atoms. The molecule has 1 fully saturated rings. The van der Waals surface area contributed by atoms with Crippen LogP contribution in [0.1, 0.15) is 36.7 Å². The third kappa shape index (κ3) is 1.70. The standard InChI is InChI=1S/C10H16N4/c1-6-13-9(5-10(12)14-6)7-3-2-4-8(7)11/h5,7-8H,2-4,11H2,1H3,(H2,12,13,14). The van der Waals surface area contributed by atoms with Crippen LogP contribution < -0.4 is 11.5 Å². The maximum atomic E-state index is 6.01. The molecule has 4 N–H and O–H groups in total. The summed E-state index contributed by atoms with van der Waals surface area (Å²) in [7, 11) is 0. The molecule has 1 heterocycles. The molecule has 1 aromatic rings. The van der Waals surface area contributed by atoms with Crippen molar-refractivity contribution >= 4 is 5.82 Å². The van der Waals surface area contributed by atoms with Crippen molar-refractivity contribution in [1.82, 2.24) is 9.97 Å². The van der Waals surface area contributed by atoms with E-state index in [1.807, 2.05) is 13.0 Å². The molecule has 0 saturated heterocycles. The zero-order valence-corrected chi connectivity index (χ0v) is 8.40. The maximum absolute atomic E-state index is 6.01. The van der Waals surface area contributed by atoms with Gasteiger partial charge in [-0.25, -0.2) is 9.97 Å². The van der Waals surface area contributed by atoms with Crippen molar-refractivity contribution in [3.63, 3.8) is 0 Å². The number of hydrogen-bond donors (Lipinski definition) is 2. The van der Waals surface area contributed by atoms with Crippen molar-refractivity contribution in [3.8, 4) is 0 Å². The fourth-order valence-corrected chi connectivity index (χ4v) is 2.16. The average molecular weight is 192 g/mol. The third-order valence-electron chi connectivity index (χ3n) is 2.83. The van der Waals surface area contributed by atoms with E-state index < -0.39 is 0 Å². The van der Waals surface area contributed by atoms with Crippen LogP contribution in [0.3, 0.4) is 0 Å². The largest absolute Gasteiger partial charge is 0.384 e. The minimum absolute atomic E-state index is 0.240. The Bertz CT molecular complexity index is 317. The van der Waals surface area contributed by atoms with Gasteiger partial charge in [0.05, 0.1) is 5.69 Å². The van der Waals surface area contributed by atoms with Crippen molar-refractivity contribution in [2.24, 2.45) is 5.73 Å². The first-order chi connectivity index (χ1) is 6.66. The van der Waals surface area contributed by atoms with Gasteiger partial charge in [0.1, 0.15) is 11.6 Å². The Balaban J connectivity index is 2.31. The van der Waals surface area contributed by atoms with Crippen LogP contribution in [-0.2, 0) is 0 Å². The lowest BCUT2D eigenvalue weighted by atomic mass is 10.00. The molecule has 0 amide bonds. The third-order valence-corrected chi connectivity index (χ3v) is 2.83. The van der Waals surface area contributed by atoms with Gasteiger partial charge in [-0.05, 0) is 19.8 Å². The van der Waals surface area contributed by atoms with E-state index in [0.717, 1.165) is 24.4 Å². The second-order valence-corrected chi connectivity index (χ2v) is 3.97. The van der Waals surface area contributed by atoms with E-state index in [2.05, 4.69) is 9.97 Å². The van der Waals surface area contributed by atoms with Crippen LogP contribution in [0.5, 0.6) is 0 Å². The molecule has 14 heavy (non-hydrogen) atoms. The number of rotatable bonds is 1. The predicted octanol–water partition coefficient (Wildman–Crippen LogP) is 0.962. The Kier molecular flexibility index (Phi) is 2.37. The molecule has 4 heteroatoms. The summed E-state index contributed by atoms with van der Waals surface area (Å²) in [6, 6.07) is 2.09. The number of aromatic nitrogens is 2. The van der Waals surface area contributed by atoms with E-state index in [-0.39, 0.29) is 6.04 Å². The number of nitrogens with zero attached hydrogens (tertiary/aromatic N) is 2. The van der Waals surface area contributed by atoms with Gasteiger partial charge in [-0.15, -0.1) is 0 Å². The van der Waals surface area contributed by atoms with Gasteiger partial charge in [0.15, 0.2) is 0 Å². The molecule has 2 rings (SSSR count). The van der Waals surface area contributed by atoms with E-state index in [0.29, 0.717) is 11.7 Å². The van der Waals surface area contributed by atoms with Crippen molar-refractivity contribution in [3.05, 3.63) is 17.6 Å². The lowest BCUT2D eigenvalue weighted by Crippen LogP contribution is -2.23. The molecule has 0 radical (unpaired) electrons. The second-order valence-electron chi connectivity index (χ2n) is 3.97. The van der Waals surface area contributed by atoms with Gasteiger partial charge in [0, 0.05) is 18.0 Å². The van der Waals surface area contributed by atoms with Crippen molar-refractivity contribution in [1.29, 1.82) is 0 Å². The zero-order valence-electron chi connectivity index (χ0n) is 8.40. The van der Waals surface area contributed by atoms with Crippen LogP contribution in [0.2, 0.25) is 0 Å². The lowest BCUT2D eigenvalue weighted by molar-refractivity contribution is 0.595. The molecule has 1 saturated carbocycles. The first-order valence-electron chi connectivity index (χ1n) is 5.03. The smallest absolute Gasteiger partial charge is 0.127 e. The van der Waals surface area contributed by atoms with E-state index >= 15 is 0 Å². The normalized spacial score (nSPS) is 26.7. The van der Waals surface area contributed by atoms with Gasteiger partial charge in [0.25, 0.3) is 0 Å². The first kappa shape index (κ1) is 9.40. The number of nitrogen functional groups attached to an aromatic ring is 1. The quantitative estimate of drug-likeness (QED) is 0.694. The molecular formula is C10H16N4. The maximum Gasteiger partial charge on any atom is 0.127 e. The van der Waals surface area contributed by atoms with E-state index in [4.69, 9.17) is 11.5 Å². The fourth-order valence-electron chi connectivity index (χ4n) is 2.16. The summed E-state index contributed by atoms with van der Waals surface area (Å²) in [5.41, 5.74) is 12.7. The van der Waals surface area contributed by atoms with Crippen LogP contribution >= 0.6 is 0 Å². The highest BCUT2D eigenvalue weighted by molar-refractivity contribution is 5.32. The molecule has 2 atom stereocenters. The molecule has 1 aliphatic carbocycles. The molecule has 2 unspecified atom stereocenters. The Labute approximate surface area is 83.7 Å². The molecular weight excluding hydrogens is 176 g/mol. The topological polar surface area (TPSA) is 77.8 Å². The minimum atomic E-state index is 0.240. The second kappa shape index (κ2) is 3.53. The fraction of sp³-hybridized carbons (Fsp3) is 0.600. The summed E-state index contributed by atoms with van der Waals surface area (Å²) in [6.45, 7) is 1.86. The van der Waals surface area contributed by atoms with Crippen LogP contribution in [0.15, 0.2) is 6.07 Å². The van der Waals surface area contributed by atoms with Crippen LogP contribution in [0.25, 0.3) is 0 Å². The van der Waals surface area contributed by atoms with Crippen molar-refractivity contribution in [2.45, 2.75) is 38.1 Å². The minimum Gasteiger partial charge on any atom is -0.384 e. The monoisotopic (exact) mass is 192 g/mol. The Morgan fingerprint density at radius 1 is 1.36 bits per heavy atom. The average Bonchev–Trinajstić information content (AvgIpc) is 2.49. The van der Waals surface area contributed by atoms with Crippen molar-refractivity contribution in [2.75, 3.05) is 5.73 Å². The zero-order chi connectivity index (χ0) is 10.1. The van der Waals surface area contributed by atoms with E-state index in [1.54, 1.807) is 0 Å². The Morgan fingerprint density at radius 3 is 2.71 bits per heavy atom. The molecule has 0 aliphatic heterocycles. The molecule has 1 aliphatic rings. The van der Waals surface area contributed by atoms with Crippen LogP contribution in [0.4, 0.5) is 5.82 Å². The highest BCUT2D eigenvalue weighted by Gasteiger charge is 2.26. The summed E-state index contributed by atoms with van der Waals surface area (Å²) in [5.74, 6) is 1.66. The van der Waals surface area contributed by atoms with Gasteiger partial charge >= 0.3 is 0 Å². The number of nitrogens with two attached hydrogens (primary N) is 2. The summed E-state index contributed by atoms with van der Waals surface area (Å²) in [4.78, 5) is 8.45. The first-order valence-corrected chi connectivity index (χ1v) is 5.03. The molecule has 0 aromatic carbocycles. The lowest BCUT2D eigenvalue weighted by Gasteiger charge is -2.15. The van der Waals surface area contributed by atoms with E-state index in [1.165, 1.54) is 6.42 Å². The molecule has 1 aromatic heterocycles. The summed E-state index contributed by atoms with van der Waals surface area (Å²) >= 11 is 0. The number of anilines is 1. The highest BCUT2D eigenvalue weighted by Crippen LogP contribution is 2.32. The van der Waals surface area contributed by atoms with Crippen molar-refractivity contribution < 1.29 is 0 Å². The van der Waals surface area contributed by atoms with E-state index in [9.17, 15) is 0 Å². The van der Waals surface area contributed by atoms with Gasteiger partial charge in [-0.2, -0.15) is 0 Å². The van der Waals surface area contributed by atoms with Crippen LogP contribution in [-0.4, -0.2) is 16.0 Å². The van der Waals surface area contributed by atoms with Gasteiger partial charge in [0.2, 0.25) is 0 Å². The van der Waals surface area contributed by atoms with Gasteiger partial charge in [-0.3, -0.25) is 0 Å². The Hall–Kier alpha value is -1.16. The number of hydrogen-bond acceptors (Lipinski definition) is 4. The molecule has 4 nitrogen and oxygen atoms in total. The SMILES string of the molecule is Cc1nc(N)cc(C2CCCC2N)n1. The van der Waals surface area contributed by atoms with Crippen LogP contribution in [0, 0.1) is 6.92 Å². The Morgan fingerprint density at radius 2 is 2.14 bits per heavy atom. The molecule has 76 valence electrons. The molecule has 0 bridgehead atoms. The van der Waals surface area contributed by atoms with Gasteiger partial charge in [-0.1, -0.05) is 6.42 Å². The summed E-state index contributed by atoms with van der Waals surface area (Å²) in [5, 5.41) is 0. The summed E-state index contributed by atoms with van der Waals surface area (Å²) < 4.78 is 0. The predicted molar refractivity (Wildman–Crippen MR) is 55.7 cm³/mol.